The minimum absolute atomic E-state index is 0.0282. The highest BCUT2D eigenvalue weighted by Gasteiger charge is 2.08. The van der Waals surface area contributed by atoms with Crippen molar-refractivity contribution in [3.63, 3.8) is 0 Å². The largest absolute Gasteiger partial charge is 0.447 e. The zero-order valence-electron chi connectivity index (χ0n) is 8.02. The Kier molecular flexibility index (Phi) is 6.22. The molecule has 1 amide bonds. The summed E-state index contributed by atoms with van der Waals surface area (Å²) in [6.07, 6.45) is -0.717. The Morgan fingerprint density at radius 1 is 1.50 bits per heavy atom. The third kappa shape index (κ3) is 6.67. The highest BCUT2D eigenvalue weighted by atomic mass is 32.2. The molecule has 0 radical (unpaired) electrons. The van der Waals surface area contributed by atoms with Crippen LogP contribution in [0.3, 0.4) is 0 Å². The molecule has 0 saturated carbocycles. The van der Waals surface area contributed by atoms with Gasteiger partial charge in [-0.3, -0.25) is 0 Å². The van der Waals surface area contributed by atoms with E-state index in [0.717, 1.165) is 0 Å². The van der Waals surface area contributed by atoms with Crippen LogP contribution >= 0.6 is 0 Å². The van der Waals surface area contributed by atoms with Crippen molar-refractivity contribution in [3.8, 4) is 0 Å². The third-order valence-electron chi connectivity index (χ3n) is 1.45. The number of carbonyl (C=O) groups is 1. The first kappa shape index (κ1) is 13.2. The monoisotopic (exact) mass is 225 g/mol. The van der Waals surface area contributed by atoms with Crippen LogP contribution in [0.25, 0.3) is 0 Å². The number of rotatable bonds is 6. The first-order valence-corrected chi connectivity index (χ1v) is 6.06. The molecule has 84 valence electrons. The summed E-state index contributed by atoms with van der Waals surface area (Å²) in [7, 11) is -3.06. The van der Waals surface area contributed by atoms with E-state index in [-0.39, 0.29) is 31.3 Å². The first-order chi connectivity index (χ1) is 6.52. The summed E-state index contributed by atoms with van der Waals surface area (Å²) in [5, 5.41) is 10.6. The SMILES string of the molecule is CCS(=O)(=O)CCNC(=O)OCCO. The van der Waals surface area contributed by atoms with Crippen LogP contribution in [0.2, 0.25) is 0 Å². The molecular weight excluding hydrogens is 210 g/mol. The molecule has 0 saturated heterocycles. The smallest absolute Gasteiger partial charge is 0.407 e. The molecule has 14 heavy (non-hydrogen) atoms. The Morgan fingerprint density at radius 3 is 2.64 bits per heavy atom. The molecule has 2 N–H and O–H groups in total. The van der Waals surface area contributed by atoms with Crippen LogP contribution in [-0.4, -0.2) is 50.9 Å². The van der Waals surface area contributed by atoms with Gasteiger partial charge in [0.2, 0.25) is 0 Å². The van der Waals surface area contributed by atoms with Crippen molar-refractivity contribution in [1.29, 1.82) is 0 Å². The first-order valence-electron chi connectivity index (χ1n) is 4.23. The van der Waals surface area contributed by atoms with Crippen molar-refractivity contribution < 1.29 is 23.1 Å². The van der Waals surface area contributed by atoms with Gasteiger partial charge in [0.1, 0.15) is 6.61 Å². The molecule has 0 aromatic heterocycles. The van der Waals surface area contributed by atoms with Crippen molar-refractivity contribution in [2.75, 3.05) is 31.3 Å². The van der Waals surface area contributed by atoms with Crippen LogP contribution in [0.15, 0.2) is 0 Å². The van der Waals surface area contributed by atoms with Gasteiger partial charge in [-0.05, 0) is 0 Å². The molecule has 0 unspecified atom stereocenters. The lowest BCUT2D eigenvalue weighted by molar-refractivity contribution is 0.119. The average molecular weight is 225 g/mol. The van der Waals surface area contributed by atoms with Gasteiger partial charge in [0.25, 0.3) is 0 Å². The number of ether oxygens (including phenoxy) is 1. The van der Waals surface area contributed by atoms with Gasteiger partial charge in [0.05, 0.1) is 12.4 Å². The highest BCUT2D eigenvalue weighted by Crippen LogP contribution is 1.87. The number of hydrogen-bond acceptors (Lipinski definition) is 5. The van der Waals surface area contributed by atoms with Crippen molar-refractivity contribution >= 4 is 15.9 Å². The number of amides is 1. The molecule has 0 aromatic rings. The molecule has 0 atom stereocenters. The maximum absolute atomic E-state index is 11.0. The van der Waals surface area contributed by atoms with Gasteiger partial charge in [-0.1, -0.05) is 6.92 Å². The molecule has 0 heterocycles. The number of alkyl carbamates (subject to hydrolysis) is 1. The van der Waals surface area contributed by atoms with E-state index >= 15 is 0 Å². The lowest BCUT2D eigenvalue weighted by Crippen LogP contribution is -2.30. The Bertz CT molecular complexity index is 261. The van der Waals surface area contributed by atoms with Gasteiger partial charge >= 0.3 is 6.09 Å². The summed E-state index contributed by atoms with van der Waals surface area (Å²) in [5.41, 5.74) is 0. The van der Waals surface area contributed by atoms with Gasteiger partial charge in [-0.15, -0.1) is 0 Å². The Balaban J connectivity index is 3.59. The molecule has 7 heteroatoms. The predicted octanol–water partition coefficient (Wildman–Crippen LogP) is -0.860. The number of aliphatic hydroxyl groups excluding tert-OH is 1. The molecule has 0 aliphatic carbocycles. The molecule has 0 spiro atoms. The van der Waals surface area contributed by atoms with Crippen LogP contribution in [0, 0.1) is 0 Å². The van der Waals surface area contributed by atoms with Gasteiger partial charge in [-0.25, -0.2) is 13.2 Å². The Morgan fingerprint density at radius 2 is 2.14 bits per heavy atom. The second-order valence-electron chi connectivity index (χ2n) is 2.52. The number of aliphatic hydroxyl groups is 1. The number of nitrogens with one attached hydrogen (secondary N) is 1. The molecule has 0 aromatic carbocycles. The van der Waals surface area contributed by atoms with Gasteiger partial charge in [0.15, 0.2) is 9.84 Å². The normalized spacial score (nSPS) is 11.0. The maximum Gasteiger partial charge on any atom is 0.407 e. The van der Waals surface area contributed by atoms with E-state index in [9.17, 15) is 13.2 Å². The molecular formula is C7H15NO5S. The van der Waals surface area contributed by atoms with Crippen molar-refractivity contribution in [1.82, 2.24) is 5.32 Å². The number of hydrogen-bond donors (Lipinski definition) is 2. The van der Waals surface area contributed by atoms with Crippen LogP contribution in [-0.2, 0) is 14.6 Å². The third-order valence-corrected chi connectivity index (χ3v) is 3.15. The summed E-state index contributed by atoms with van der Waals surface area (Å²) in [6.45, 7) is 1.23. The van der Waals surface area contributed by atoms with Crippen LogP contribution in [0.4, 0.5) is 4.79 Å². The van der Waals surface area contributed by atoms with Gasteiger partial charge < -0.3 is 15.2 Å². The molecule has 0 aliphatic rings. The van der Waals surface area contributed by atoms with Crippen molar-refractivity contribution in [2.45, 2.75) is 6.92 Å². The second kappa shape index (κ2) is 6.61. The summed E-state index contributed by atoms with van der Waals surface area (Å²) >= 11 is 0. The quantitative estimate of drug-likeness (QED) is 0.613. The fourth-order valence-corrected chi connectivity index (χ4v) is 1.34. The summed E-state index contributed by atoms with van der Waals surface area (Å²) in [4.78, 5) is 10.7. The Labute approximate surface area is 83.2 Å². The van der Waals surface area contributed by atoms with E-state index in [1.165, 1.54) is 0 Å². The second-order valence-corrected chi connectivity index (χ2v) is 5.00. The minimum Gasteiger partial charge on any atom is -0.447 e. The lowest BCUT2D eigenvalue weighted by atomic mass is 10.7. The van der Waals surface area contributed by atoms with Crippen LogP contribution < -0.4 is 5.32 Å². The maximum atomic E-state index is 11.0. The molecule has 6 nitrogen and oxygen atoms in total. The topological polar surface area (TPSA) is 92.7 Å². The van der Waals surface area contributed by atoms with E-state index in [1.54, 1.807) is 6.92 Å². The van der Waals surface area contributed by atoms with E-state index in [1.807, 2.05) is 0 Å². The fraction of sp³-hybridized carbons (Fsp3) is 0.857. The summed E-state index contributed by atoms with van der Waals surface area (Å²) < 4.78 is 26.4. The molecule has 0 aliphatic heterocycles. The van der Waals surface area contributed by atoms with E-state index in [2.05, 4.69) is 10.1 Å². The molecule has 0 bridgehead atoms. The zero-order valence-corrected chi connectivity index (χ0v) is 8.84. The molecule has 0 rings (SSSR count). The van der Waals surface area contributed by atoms with E-state index < -0.39 is 15.9 Å². The summed E-state index contributed by atoms with van der Waals surface area (Å²) in [6, 6.07) is 0. The number of sulfone groups is 1. The van der Waals surface area contributed by atoms with Gasteiger partial charge in [0, 0.05) is 12.3 Å². The summed E-state index contributed by atoms with van der Waals surface area (Å²) in [5.74, 6) is -0.0436. The highest BCUT2D eigenvalue weighted by molar-refractivity contribution is 7.91. The van der Waals surface area contributed by atoms with E-state index in [4.69, 9.17) is 5.11 Å². The predicted molar refractivity (Wildman–Crippen MR) is 50.8 cm³/mol. The average Bonchev–Trinajstić information content (AvgIpc) is 2.14. The van der Waals surface area contributed by atoms with Crippen molar-refractivity contribution in [3.05, 3.63) is 0 Å². The standard InChI is InChI=1S/C7H15NO5S/c1-2-14(11,12)6-3-8-7(10)13-5-4-9/h9H,2-6H2,1H3,(H,8,10). The lowest BCUT2D eigenvalue weighted by Gasteiger charge is -2.05. The van der Waals surface area contributed by atoms with E-state index in [0.29, 0.717) is 0 Å². The number of carbonyl (C=O) groups excluding carboxylic acids is 1. The minimum atomic E-state index is -3.06. The van der Waals surface area contributed by atoms with Gasteiger partial charge in [-0.2, -0.15) is 0 Å². The van der Waals surface area contributed by atoms with Crippen LogP contribution in [0.1, 0.15) is 6.92 Å². The fourth-order valence-electron chi connectivity index (χ4n) is 0.642. The van der Waals surface area contributed by atoms with Crippen LogP contribution in [0.5, 0.6) is 0 Å². The van der Waals surface area contributed by atoms with Crippen molar-refractivity contribution in [2.24, 2.45) is 0 Å². The zero-order chi connectivity index (χ0) is 11.0. The molecule has 0 fully saturated rings. The Hall–Kier alpha value is -0.820.